The van der Waals surface area contributed by atoms with Crippen molar-refractivity contribution in [3.8, 4) is 0 Å². The molecule has 0 N–H and O–H groups in total. The van der Waals surface area contributed by atoms with Crippen LogP contribution >= 0.6 is 23.2 Å². The molecule has 0 saturated carbocycles. The average molecular weight is 332 g/mol. The molecule has 0 aliphatic heterocycles. The lowest BCUT2D eigenvalue weighted by Crippen LogP contribution is -2.09. The van der Waals surface area contributed by atoms with Crippen molar-refractivity contribution in [3.63, 3.8) is 0 Å². The Balaban J connectivity index is 2.16. The minimum atomic E-state index is -1.10. The van der Waals surface area contributed by atoms with Crippen LogP contribution in [0, 0.1) is 6.92 Å². The molecule has 0 spiro atoms. The SMILES string of the molecule is Cc1nnc(C[S@](=O)[C@H](C)c2ccc(Cl)c(Cl)c2)n1C. The number of aryl methyl sites for hydroxylation is 1. The maximum Gasteiger partial charge on any atom is 0.145 e. The van der Waals surface area contributed by atoms with E-state index >= 15 is 0 Å². The van der Waals surface area contributed by atoms with Crippen molar-refractivity contribution in [1.29, 1.82) is 0 Å². The van der Waals surface area contributed by atoms with Crippen LogP contribution in [-0.4, -0.2) is 19.0 Å². The Labute approximate surface area is 130 Å². The highest BCUT2D eigenvalue weighted by Crippen LogP contribution is 2.28. The first-order chi connectivity index (χ1) is 9.40. The smallest absolute Gasteiger partial charge is 0.145 e. The molecule has 0 saturated heterocycles. The molecule has 0 radical (unpaired) electrons. The lowest BCUT2D eigenvalue weighted by Gasteiger charge is -2.12. The first-order valence-corrected chi connectivity index (χ1v) is 8.21. The zero-order valence-electron chi connectivity index (χ0n) is 11.4. The van der Waals surface area contributed by atoms with Crippen LogP contribution in [0.5, 0.6) is 0 Å². The standard InChI is InChI=1S/C13H15Cl2N3OS/c1-8(10-4-5-11(14)12(15)6-10)20(19)7-13-17-16-9(2)18(13)3/h4-6,8H,7H2,1-3H3/t8-,20+/m1/s1. The average Bonchev–Trinajstić information content (AvgIpc) is 2.73. The van der Waals surface area contributed by atoms with Crippen LogP contribution in [0.4, 0.5) is 0 Å². The normalized spacial score (nSPS) is 14.2. The van der Waals surface area contributed by atoms with E-state index in [1.165, 1.54) is 0 Å². The van der Waals surface area contributed by atoms with E-state index < -0.39 is 10.8 Å². The van der Waals surface area contributed by atoms with Crippen molar-refractivity contribution in [1.82, 2.24) is 14.8 Å². The molecule has 108 valence electrons. The third-order valence-electron chi connectivity index (χ3n) is 3.26. The molecule has 7 heteroatoms. The van der Waals surface area contributed by atoms with Gasteiger partial charge in [-0.1, -0.05) is 29.3 Å². The van der Waals surface area contributed by atoms with Gasteiger partial charge < -0.3 is 4.57 Å². The van der Waals surface area contributed by atoms with Gasteiger partial charge >= 0.3 is 0 Å². The first-order valence-electron chi connectivity index (χ1n) is 6.07. The minimum Gasteiger partial charge on any atom is -0.318 e. The number of aromatic nitrogens is 3. The second-order valence-corrected chi connectivity index (χ2v) is 7.13. The maximum atomic E-state index is 12.4. The molecule has 0 unspecified atom stereocenters. The zero-order valence-corrected chi connectivity index (χ0v) is 13.8. The van der Waals surface area contributed by atoms with Gasteiger partial charge in [-0.2, -0.15) is 0 Å². The van der Waals surface area contributed by atoms with E-state index in [0.29, 0.717) is 21.6 Å². The summed E-state index contributed by atoms with van der Waals surface area (Å²) in [6, 6.07) is 5.33. The molecule has 0 bridgehead atoms. The minimum absolute atomic E-state index is 0.151. The van der Waals surface area contributed by atoms with E-state index in [1.54, 1.807) is 12.1 Å². The Morgan fingerprint density at radius 3 is 2.55 bits per heavy atom. The van der Waals surface area contributed by atoms with Crippen molar-refractivity contribution in [2.45, 2.75) is 24.9 Å². The van der Waals surface area contributed by atoms with Crippen LogP contribution in [0.15, 0.2) is 18.2 Å². The molecule has 0 amide bonds. The fourth-order valence-corrected chi connectivity index (χ4v) is 3.26. The predicted molar refractivity (Wildman–Crippen MR) is 82.5 cm³/mol. The largest absolute Gasteiger partial charge is 0.318 e. The molecule has 1 aromatic heterocycles. The van der Waals surface area contributed by atoms with Crippen LogP contribution in [0.25, 0.3) is 0 Å². The van der Waals surface area contributed by atoms with Crippen molar-refractivity contribution in [3.05, 3.63) is 45.5 Å². The molecule has 0 fully saturated rings. The Bertz CT molecular complexity index is 657. The van der Waals surface area contributed by atoms with Gasteiger partial charge in [0, 0.05) is 17.8 Å². The van der Waals surface area contributed by atoms with Gasteiger partial charge in [0.2, 0.25) is 0 Å². The van der Waals surface area contributed by atoms with E-state index in [0.717, 1.165) is 11.4 Å². The molecule has 4 nitrogen and oxygen atoms in total. The number of nitrogens with zero attached hydrogens (tertiary/aromatic N) is 3. The molecule has 1 heterocycles. The molecule has 2 atom stereocenters. The van der Waals surface area contributed by atoms with E-state index in [-0.39, 0.29) is 5.25 Å². The lowest BCUT2D eigenvalue weighted by atomic mass is 10.2. The second-order valence-electron chi connectivity index (χ2n) is 4.56. The highest BCUT2D eigenvalue weighted by atomic mass is 35.5. The number of halogens is 2. The second kappa shape index (κ2) is 6.24. The lowest BCUT2D eigenvalue weighted by molar-refractivity contribution is 0.671. The number of hydrogen-bond acceptors (Lipinski definition) is 3. The Morgan fingerprint density at radius 2 is 2.00 bits per heavy atom. The van der Waals surface area contributed by atoms with Crippen molar-refractivity contribution < 1.29 is 4.21 Å². The summed E-state index contributed by atoms with van der Waals surface area (Å²) in [5.74, 6) is 1.88. The summed E-state index contributed by atoms with van der Waals surface area (Å²) < 4.78 is 14.3. The van der Waals surface area contributed by atoms with Crippen molar-refractivity contribution >= 4 is 34.0 Å². The number of rotatable bonds is 4. The summed E-state index contributed by atoms with van der Waals surface area (Å²) in [6.45, 7) is 3.76. The van der Waals surface area contributed by atoms with Gasteiger partial charge in [-0.3, -0.25) is 4.21 Å². The molecule has 1 aromatic carbocycles. The molecular weight excluding hydrogens is 317 g/mol. The summed E-state index contributed by atoms with van der Waals surface area (Å²) >= 11 is 11.9. The van der Waals surface area contributed by atoms with Gasteiger partial charge in [-0.15, -0.1) is 10.2 Å². The monoisotopic (exact) mass is 331 g/mol. The molecule has 2 rings (SSSR count). The third kappa shape index (κ3) is 3.22. The van der Waals surface area contributed by atoms with Gasteiger partial charge in [0.25, 0.3) is 0 Å². The number of benzene rings is 1. The summed E-state index contributed by atoms with van der Waals surface area (Å²) in [7, 11) is 0.763. The van der Waals surface area contributed by atoms with Crippen LogP contribution in [0.1, 0.15) is 29.4 Å². The summed E-state index contributed by atoms with van der Waals surface area (Å²) in [6.07, 6.45) is 0. The summed E-state index contributed by atoms with van der Waals surface area (Å²) in [5.41, 5.74) is 0.900. The van der Waals surface area contributed by atoms with Crippen molar-refractivity contribution in [2.24, 2.45) is 7.05 Å². The topological polar surface area (TPSA) is 47.8 Å². The van der Waals surface area contributed by atoms with E-state index in [4.69, 9.17) is 23.2 Å². The molecule has 20 heavy (non-hydrogen) atoms. The van der Waals surface area contributed by atoms with Gasteiger partial charge in [-0.05, 0) is 31.5 Å². The molecular formula is C13H15Cl2N3OS. The maximum absolute atomic E-state index is 12.4. The first kappa shape index (κ1) is 15.5. The zero-order chi connectivity index (χ0) is 14.9. The van der Waals surface area contributed by atoms with Gasteiger partial charge in [-0.25, -0.2) is 0 Å². The third-order valence-corrected chi connectivity index (χ3v) is 5.60. The summed E-state index contributed by atoms with van der Waals surface area (Å²) in [5, 5.41) is 8.82. The molecule has 0 aliphatic carbocycles. The number of hydrogen-bond donors (Lipinski definition) is 0. The van der Waals surface area contributed by atoms with Gasteiger partial charge in [0.1, 0.15) is 11.6 Å². The van der Waals surface area contributed by atoms with Gasteiger partial charge in [0.15, 0.2) is 0 Å². The van der Waals surface area contributed by atoms with Crippen LogP contribution in [0.2, 0.25) is 10.0 Å². The van der Waals surface area contributed by atoms with Crippen molar-refractivity contribution in [2.75, 3.05) is 0 Å². The Kier molecular flexibility index (Phi) is 4.83. The predicted octanol–water partition coefficient (Wildman–Crippen LogP) is 3.44. The molecule has 2 aromatic rings. The van der Waals surface area contributed by atoms with Crippen LogP contribution < -0.4 is 0 Å². The highest BCUT2D eigenvalue weighted by Gasteiger charge is 2.18. The fourth-order valence-electron chi connectivity index (χ4n) is 1.75. The van der Waals surface area contributed by atoms with Crippen LogP contribution in [-0.2, 0) is 23.6 Å². The summed E-state index contributed by atoms with van der Waals surface area (Å²) in [4.78, 5) is 0. The van der Waals surface area contributed by atoms with Crippen LogP contribution in [0.3, 0.4) is 0 Å². The Morgan fingerprint density at radius 1 is 1.30 bits per heavy atom. The van der Waals surface area contributed by atoms with E-state index in [1.807, 2.05) is 31.5 Å². The van der Waals surface area contributed by atoms with E-state index in [2.05, 4.69) is 10.2 Å². The highest BCUT2D eigenvalue weighted by molar-refractivity contribution is 7.84. The van der Waals surface area contributed by atoms with Gasteiger partial charge in [0.05, 0.1) is 21.0 Å². The Hall–Kier alpha value is -0.910. The fraction of sp³-hybridized carbons (Fsp3) is 0.385. The quantitative estimate of drug-likeness (QED) is 0.862. The van der Waals surface area contributed by atoms with E-state index in [9.17, 15) is 4.21 Å². The molecule has 0 aliphatic rings.